The lowest BCUT2D eigenvalue weighted by Gasteiger charge is -2.37. The highest BCUT2D eigenvalue weighted by Gasteiger charge is 2.50. The molecule has 2 N–H and O–H groups in total. The molecular formula is C27H32N4O3. The van der Waals surface area contributed by atoms with E-state index in [-0.39, 0.29) is 24.6 Å². The van der Waals surface area contributed by atoms with Gasteiger partial charge in [-0.3, -0.25) is 9.69 Å². The Morgan fingerprint density at radius 3 is 2.21 bits per heavy atom. The molecule has 1 fully saturated rings. The molecule has 1 aliphatic carbocycles. The molecular weight excluding hydrogens is 428 g/mol. The Kier molecular flexibility index (Phi) is 5.50. The molecule has 7 heteroatoms. The SMILES string of the molecule is CC1=C(C(=O)OCC2CC2)N2c3ccccc3N(c3c(C)cc(C)cc3C)C2N1CCC(N)=O. The second-order valence-corrected chi connectivity index (χ2v) is 9.71. The second kappa shape index (κ2) is 8.38. The van der Waals surface area contributed by atoms with Gasteiger partial charge in [0.1, 0.15) is 5.70 Å². The Hall–Kier alpha value is -3.48. The first-order valence-corrected chi connectivity index (χ1v) is 12.0. The molecule has 2 aromatic rings. The van der Waals surface area contributed by atoms with Crippen LogP contribution >= 0.6 is 0 Å². The van der Waals surface area contributed by atoms with Gasteiger partial charge in [0, 0.05) is 18.7 Å². The number of ether oxygens (including phenoxy) is 1. The van der Waals surface area contributed by atoms with Crippen LogP contribution in [0.1, 0.15) is 42.9 Å². The molecule has 2 aromatic carbocycles. The lowest BCUT2D eigenvalue weighted by atomic mass is 10.0. The maximum atomic E-state index is 13.4. The van der Waals surface area contributed by atoms with E-state index in [9.17, 15) is 9.59 Å². The number of anilines is 3. The Labute approximate surface area is 200 Å². The van der Waals surface area contributed by atoms with E-state index in [1.54, 1.807) is 0 Å². The van der Waals surface area contributed by atoms with Crippen molar-refractivity contribution in [3.63, 3.8) is 0 Å². The zero-order valence-corrected chi connectivity index (χ0v) is 20.3. The lowest BCUT2D eigenvalue weighted by Crippen LogP contribution is -2.49. The molecule has 0 bridgehead atoms. The predicted octanol–water partition coefficient (Wildman–Crippen LogP) is 4.23. The number of para-hydroxylation sites is 2. The summed E-state index contributed by atoms with van der Waals surface area (Å²) in [6.45, 7) is 9.14. The Balaban J connectivity index is 1.64. The van der Waals surface area contributed by atoms with Gasteiger partial charge in [-0.25, -0.2) is 4.79 Å². The average Bonchev–Trinajstić information content (AvgIpc) is 3.49. The number of primary amides is 1. The number of nitrogens with two attached hydrogens (primary N) is 1. The number of rotatable bonds is 7. The highest BCUT2D eigenvalue weighted by molar-refractivity contribution is 6.00. The molecule has 0 aromatic heterocycles. The fraction of sp³-hybridized carbons (Fsp3) is 0.407. The fourth-order valence-corrected chi connectivity index (χ4v) is 5.33. The molecule has 0 saturated heterocycles. The molecule has 178 valence electrons. The van der Waals surface area contributed by atoms with Crippen LogP contribution in [0.3, 0.4) is 0 Å². The van der Waals surface area contributed by atoms with Gasteiger partial charge >= 0.3 is 5.97 Å². The van der Waals surface area contributed by atoms with Gasteiger partial charge in [-0.05, 0) is 69.7 Å². The van der Waals surface area contributed by atoms with E-state index in [1.807, 2.05) is 25.1 Å². The van der Waals surface area contributed by atoms with Gasteiger partial charge in [0.25, 0.3) is 0 Å². The van der Waals surface area contributed by atoms with Gasteiger partial charge in [0.2, 0.25) is 5.91 Å². The number of fused-ring (bicyclic) bond motifs is 3. The van der Waals surface area contributed by atoms with Crippen LogP contribution in [0.2, 0.25) is 0 Å². The van der Waals surface area contributed by atoms with Crippen molar-refractivity contribution in [3.8, 4) is 0 Å². The van der Waals surface area contributed by atoms with Crippen molar-refractivity contribution < 1.29 is 14.3 Å². The third-order valence-corrected chi connectivity index (χ3v) is 6.97. The molecule has 2 aliphatic heterocycles. The van der Waals surface area contributed by atoms with E-state index >= 15 is 0 Å². The van der Waals surface area contributed by atoms with E-state index in [4.69, 9.17) is 10.5 Å². The molecule has 5 rings (SSSR count). The first-order chi connectivity index (χ1) is 16.3. The number of carbonyl (C=O) groups excluding carboxylic acids is 2. The Morgan fingerprint density at radius 2 is 1.62 bits per heavy atom. The maximum Gasteiger partial charge on any atom is 0.356 e. The molecule has 0 spiro atoms. The van der Waals surface area contributed by atoms with Crippen molar-refractivity contribution in [2.45, 2.75) is 53.2 Å². The van der Waals surface area contributed by atoms with Crippen LogP contribution in [0.4, 0.5) is 17.1 Å². The smallest absolute Gasteiger partial charge is 0.356 e. The summed E-state index contributed by atoms with van der Waals surface area (Å²) in [6.07, 6.45) is 2.11. The first kappa shape index (κ1) is 22.3. The summed E-state index contributed by atoms with van der Waals surface area (Å²) < 4.78 is 5.75. The van der Waals surface area contributed by atoms with Crippen LogP contribution in [0.15, 0.2) is 47.8 Å². The predicted molar refractivity (Wildman–Crippen MR) is 132 cm³/mol. The zero-order chi connectivity index (χ0) is 24.1. The van der Waals surface area contributed by atoms with Gasteiger partial charge in [-0.15, -0.1) is 0 Å². The van der Waals surface area contributed by atoms with Gasteiger partial charge in [0.15, 0.2) is 6.29 Å². The molecule has 1 amide bonds. The zero-order valence-electron chi connectivity index (χ0n) is 20.3. The van der Waals surface area contributed by atoms with Crippen molar-refractivity contribution >= 4 is 28.9 Å². The number of benzene rings is 2. The van der Waals surface area contributed by atoms with E-state index in [0.29, 0.717) is 24.8 Å². The van der Waals surface area contributed by atoms with E-state index in [2.05, 4.69) is 53.7 Å². The minimum atomic E-state index is -0.367. The van der Waals surface area contributed by atoms with Crippen LogP contribution in [-0.4, -0.2) is 36.2 Å². The first-order valence-electron chi connectivity index (χ1n) is 12.0. The number of carbonyl (C=O) groups is 2. The van der Waals surface area contributed by atoms with Gasteiger partial charge in [0.05, 0.1) is 23.7 Å². The summed E-state index contributed by atoms with van der Waals surface area (Å²) in [5, 5.41) is 0. The van der Waals surface area contributed by atoms with Crippen molar-refractivity contribution in [3.05, 3.63) is 64.5 Å². The molecule has 0 radical (unpaired) electrons. The number of esters is 1. The van der Waals surface area contributed by atoms with Crippen molar-refractivity contribution in [1.82, 2.24) is 4.90 Å². The van der Waals surface area contributed by atoms with Gasteiger partial charge in [-0.2, -0.15) is 0 Å². The minimum Gasteiger partial charge on any atom is -0.461 e. The molecule has 1 unspecified atom stereocenters. The summed E-state index contributed by atoms with van der Waals surface area (Å²) in [5.41, 5.74) is 13.5. The number of hydrogen-bond donors (Lipinski definition) is 1. The molecule has 3 aliphatic rings. The van der Waals surface area contributed by atoms with E-state index < -0.39 is 0 Å². The van der Waals surface area contributed by atoms with Crippen LogP contribution < -0.4 is 15.5 Å². The van der Waals surface area contributed by atoms with Gasteiger partial charge < -0.3 is 20.3 Å². The molecule has 1 atom stereocenters. The summed E-state index contributed by atoms with van der Waals surface area (Å²) in [4.78, 5) is 31.6. The largest absolute Gasteiger partial charge is 0.461 e. The average molecular weight is 461 g/mol. The van der Waals surface area contributed by atoms with Crippen LogP contribution in [-0.2, 0) is 14.3 Å². The third kappa shape index (κ3) is 3.69. The summed E-state index contributed by atoms with van der Waals surface area (Å²) in [7, 11) is 0. The quantitative estimate of drug-likeness (QED) is 0.623. The minimum absolute atomic E-state index is 0.197. The number of aryl methyl sites for hydroxylation is 3. The second-order valence-electron chi connectivity index (χ2n) is 9.71. The van der Waals surface area contributed by atoms with Crippen LogP contribution in [0, 0.1) is 26.7 Å². The lowest BCUT2D eigenvalue weighted by molar-refractivity contribution is -0.139. The fourth-order valence-electron chi connectivity index (χ4n) is 5.33. The normalized spacial score (nSPS) is 18.9. The number of nitrogens with zero attached hydrogens (tertiary/aromatic N) is 3. The summed E-state index contributed by atoms with van der Waals surface area (Å²) in [5.74, 6) is -0.202. The monoisotopic (exact) mass is 460 g/mol. The standard InChI is InChI=1S/C27H32N4O3/c1-16-13-17(2)24(18(3)14-16)30-21-7-5-6-8-22(21)31-25(26(33)34-15-20-9-10-20)19(4)29(27(30)31)12-11-23(28)32/h5-8,13-14,20,27H,9-12,15H2,1-4H3,(H2,28,32). The summed E-state index contributed by atoms with van der Waals surface area (Å²) >= 11 is 0. The number of amides is 1. The Bertz CT molecular complexity index is 1180. The molecule has 7 nitrogen and oxygen atoms in total. The number of allylic oxidation sites excluding steroid dienone is 1. The highest BCUT2D eigenvalue weighted by Crippen LogP contribution is 2.52. The third-order valence-electron chi connectivity index (χ3n) is 6.97. The van der Waals surface area contributed by atoms with Crippen molar-refractivity contribution in [2.75, 3.05) is 23.0 Å². The molecule has 2 heterocycles. The molecule has 1 saturated carbocycles. The molecule has 34 heavy (non-hydrogen) atoms. The summed E-state index contributed by atoms with van der Waals surface area (Å²) in [6, 6.07) is 12.5. The van der Waals surface area contributed by atoms with Gasteiger partial charge in [-0.1, -0.05) is 29.8 Å². The van der Waals surface area contributed by atoms with Crippen LogP contribution in [0.25, 0.3) is 0 Å². The Morgan fingerprint density at radius 1 is 1.00 bits per heavy atom. The maximum absolute atomic E-state index is 13.4. The highest BCUT2D eigenvalue weighted by atomic mass is 16.5. The topological polar surface area (TPSA) is 79.1 Å². The van der Waals surface area contributed by atoms with E-state index in [1.165, 1.54) is 5.56 Å². The van der Waals surface area contributed by atoms with Crippen molar-refractivity contribution in [1.29, 1.82) is 0 Å². The van der Waals surface area contributed by atoms with E-state index in [0.717, 1.165) is 46.7 Å². The van der Waals surface area contributed by atoms with Crippen LogP contribution in [0.5, 0.6) is 0 Å². The van der Waals surface area contributed by atoms with Crippen molar-refractivity contribution in [2.24, 2.45) is 11.7 Å². The number of hydrogen-bond acceptors (Lipinski definition) is 6.